The molecule has 1 N–H and O–H groups in total. The first-order valence-electron chi connectivity index (χ1n) is 13.3. The second-order valence-corrected chi connectivity index (χ2v) is 13.5. The standard InChI is InChI=1S/C29H35F2N3O5S/c1-17(2)13-24-27(35)32-25(20-14-18-7-5-6-8-19(18)15-20)28(36)34(24)26(22-10-9-21(30)16-23(22)31)29(37)33(3)11-12-40(4,38)39/h5-10,16-17,20,24-26H,11-15H2,1-4H3,(H,32,35). The maximum absolute atomic E-state index is 15.3. The van der Waals surface area contributed by atoms with Gasteiger partial charge in [0.2, 0.25) is 17.7 Å². The highest BCUT2D eigenvalue weighted by Gasteiger charge is 2.50. The molecule has 0 radical (unpaired) electrons. The molecule has 2 aromatic carbocycles. The van der Waals surface area contributed by atoms with Crippen molar-refractivity contribution in [2.45, 2.75) is 51.2 Å². The second kappa shape index (κ2) is 11.6. The van der Waals surface area contributed by atoms with Crippen molar-refractivity contribution in [2.75, 3.05) is 25.6 Å². The first kappa shape index (κ1) is 29.6. The third-order valence-corrected chi connectivity index (χ3v) is 8.57. The van der Waals surface area contributed by atoms with Crippen LogP contribution in [-0.2, 0) is 37.1 Å². The van der Waals surface area contributed by atoms with Crippen LogP contribution in [0.15, 0.2) is 42.5 Å². The van der Waals surface area contributed by atoms with Crippen LogP contribution in [0, 0.1) is 23.5 Å². The Kier molecular flexibility index (Phi) is 8.63. The van der Waals surface area contributed by atoms with E-state index >= 15 is 4.39 Å². The van der Waals surface area contributed by atoms with E-state index in [4.69, 9.17) is 0 Å². The summed E-state index contributed by atoms with van der Waals surface area (Å²) in [7, 11) is -2.08. The predicted octanol–water partition coefficient (Wildman–Crippen LogP) is 2.67. The van der Waals surface area contributed by atoms with E-state index in [9.17, 15) is 27.2 Å². The molecule has 0 bridgehead atoms. The third-order valence-electron chi connectivity index (χ3n) is 7.65. The molecule has 1 aliphatic heterocycles. The minimum atomic E-state index is -3.44. The molecule has 1 aliphatic carbocycles. The summed E-state index contributed by atoms with van der Waals surface area (Å²) in [6.45, 7) is 3.52. The molecule has 1 heterocycles. The number of halogens is 2. The van der Waals surface area contributed by atoms with Crippen molar-refractivity contribution in [3.63, 3.8) is 0 Å². The molecular weight excluding hydrogens is 540 g/mol. The van der Waals surface area contributed by atoms with Gasteiger partial charge in [0.25, 0.3) is 0 Å². The van der Waals surface area contributed by atoms with Crippen LogP contribution in [0.3, 0.4) is 0 Å². The van der Waals surface area contributed by atoms with E-state index in [-0.39, 0.29) is 36.1 Å². The summed E-state index contributed by atoms with van der Waals surface area (Å²) in [5.74, 6) is -4.32. The van der Waals surface area contributed by atoms with Gasteiger partial charge in [-0.2, -0.15) is 0 Å². The van der Waals surface area contributed by atoms with E-state index in [1.807, 2.05) is 38.1 Å². The van der Waals surface area contributed by atoms with Crippen molar-refractivity contribution in [3.8, 4) is 0 Å². The lowest BCUT2D eigenvalue weighted by Crippen LogP contribution is -2.67. The summed E-state index contributed by atoms with van der Waals surface area (Å²) < 4.78 is 52.8. The van der Waals surface area contributed by atoms with Gasteiger partial charge < -0.3 is 15.1 Å². The summed E-state index contributed by atoms with van der Waals surface area (Å²) in [5.41, 5.74) is 1.88. The number of sulfone groups is 1. The lowest BCUT2D eigenvalue weighted by molar-refractivity contribution is -0.160. The molecule has 40 heavy (non-hydrogen) atoms. The zero-order chi connectivity index (χ0) is 29.4. The number of likely N-dealkylation sites (N-methyl/N-ethyl adjacent to an activating group) is 1. The molecule has 4 rings (SSSR count). The van der Waals surface area contributed by atoms with E-state index < -0.39 is 57.3 Å². The molecule has 216 valence electrons. The number of hydrogen-bond donors (Lipinski definition) is 1. The van der Waals surface area contributed by atoms with Gasteiger partial charge in [-0.3, -0.25) is 14.4 Å². The largest absolute Gasteiger partial charge is 0.343 e. The molecule has 2 aliphatic rings. The Bertz CT molecular complexity index is 1390. The van der Waals surface area contributed by atoms with Crippen molar-refractivity contribution >= 4 is 27.6 Å². The molecule has 3 amide bonds. The highest BCUT2D eigenvalue weighted by atomic mass is 32.2. The van der Waals surface area contributed by atoms with E-state index in [2.05, 4.69) is 5.32 Å². The van der Waals surface area contributed by atoms with Gasteiger partial charge in [-0.1, -0.05) is 44.2 Å². The number of benzene rings is 2. The third kappa shape index (κ3) is 6.35. The van der Waals surface area contributed by atoms with Crippen molar-refractivity contribution in [1.29, 1.82) is 0 Å². The predicted molar refractivity (Wildman–Crippen MR) is 146 cm³/mol. The van der Waals surface area contributed by atoms with Gasteiger partial charge in [0, 0.05) is 31.5 Å². The monoisotopic (exact) mass is 575 g/mol. The number of nitrogens with one attached hydrogen (secondary N) is 1. The molecule has 11 heteroatoms. The maximum atomic E-state index is 15.3. The summed E-state index contributed by atoms with van der Waals surface area (Å²) in [4.78, 5) is 44.1. The van der Waals surface area contributed by atoms with Crippen molar-refractivity contribution < 1.29 is 31.6 Å². The molecule has 1 fully saturated rings. The van der Waals surface area contributed by atoms with Crippen LogP contribution in [0.4, 0.5) is 8.78 Å². The van der Waals surface area contributed by atoms with Crippen LogP contribution < -0.4 is 5.32 Å². The number of hydrogen-bond acceptors (Lipinski definition) is 5. The number of rotatable bonds is 9. The zero-order valence-electron chi connectivity index (χ0n) is 23.1. The van der Waals surface area contributed by atoms with Crippen LogP contribution in [0.5, 0.6) is 0 Å². The molecule has 8 nitrogen and oxygen atoms in total. The summed E-state index contributed by atoms with van der Waals surface area (Å²) in [5, 5.41) is 2.88. The molecule has 0 spiro atoms. The fourth-order valence-electron chi connectivity index (χ4n) is 5.62. The zero-order valence-corrected chi connectivity index (χ0v) is 23.9. The minimum Gasteiger partial charge on any atom is -0.343 e. The van der Waals surface area contributed by atoms with Gasteiger partial charge in [-0.15, -0.1) is 0 Å². The van der Waals surface area contributed by atoms with Crippen LogP contribution in [0.2, 0.25) is 0 Å². The van der Waals surface area contributed by atoms with Gasteiger partial charge >= 0.3 is 0 Å². The maximum Gasteiger partial charge on any atom is 0.249 e. The van der Waals surface area contributed by atoms with E-state index in [1.54, 1.807) is 0 Å². The molecule has 0 saturated carbocycles. The first-order valence-corrected chi connectivity index (χ1v) is 15.4. The van der Waals surface area contributed by atoms with Crippen LogP contribution in [-0.4, -0.2) is 73.6 Å². The Morgan fingerprint density at radius 1 is 1.10 bits per heavy atom. The Hall–Kier alpha value is -3.34. The fourth-order valence-corrected chi connectivity index (χ4v) is 6.23. The van der Waals surface area contributed by atoms with Crippen LogP contribution >= 0.6 is 0 Å². The summed E-state index contributed by atoms with van der Waals surface area (Å²) >= 11 is 0. The first-order chi connectivity index (χ1) is 18.8. The van der Waals surface area contributed by atoms with Gasteiger partial charge in [-0.25, -0.2) is 17.2 Å². The van der Waals surface area contributed by atoms with E-state index in [0.29, 0.717) is 18.9 Å². The van der Waals surface area contributed by atoms with Crippen LogP contribution in [0.25, 0.3) is 0 Å². The fraction of sp³-hybridized carbons (Fsp3) is 0.483. The van der Waals surface area contributed by atoms with Gasteiger partial charge in [0.05, 0.1) is 5.75 Å². The highest BCUT2D eigenvalue weighted by molar-refractivity contribution is 7.90. The summed E-state index contributed by atoms with van der Waals surface area (Å²) in [6, 6.07) is 6.84. The van der Waals surface area contributed by atoms with Crippen molar-refractivity contribution in [1.82, 2.24) is 15.1 Å². The number of carbonyl (C=O) groups excluding carboxylic acids is 3. The molecule has 3 atom stereocenters. The average Bonchev–Trinajstić information content (AvgIpc) is 3.30. The quantitative estimate of drug-likeness (QED) is 0.495. The molecule has 2 aromatic rings. The number of carbonyl (C=O) groups is 3. The van der Waals surface area contributed by atoms with Crippen molar-refractivity contribution in [3.05, 3.63) is 70.8 Å². The Morgan fingerprint density at radius 3 is 2.27 bits per heavy atom. The second-order valence-electron chi connectivity index (χ2n) is 11.3. The number of nitrogens with zero attached hydrogens (tertiary/aromatic N) is 2. The molecule has 1 saturated heterocycles. The highest BCUT2D eigenvalue weighted by Crippen LogP contribution is 2.36. The van der Waals surface area contributed by atoms with Crippen LogP contribution in [0.1, 0.15) is 43.0 Å². The smallest absolute Gasteiger partial charge is 0.249 e. The van der Waals surface area contributed by atoms with E-state index in [1.165, 1.54) is 7.05 Å². The molecule has 0 aromatic heterocycles. The Morgan fingerprint density at radius 2 is 1.73 bits per heavy atom. The van der Waals surface area contributed by atoms with E-state index in [0.717, 1.165) is 39.3 Å². The number of piperazine rings is 1. The Labute approximate surface area is 233 Å². The average molecular weight is 576 g/mol. The van der Waals surface area contributed by atoms with Gasteiger partial charge in [-0.05, 0) is 48.3 Å². The number of fused-ring (bicyclic) bond motifs is 1. The van der Waals surface area contributed by atoms with Crippen molar-refractivity contribution in [2.24, 2.45) is 11.8 Å². The van der Waals surface area contributed by atoms with Gasteiger partial charge in [0.1, 0.15) is 39.6 Å². The lowest BCUT2D eigenvalue weighted by Gasteiger charge is -2.45. The molecule has 3 unspecified atom stereocenters. The Balaban J connectivity index is 1.78. The summed E-state index contributed by atoms with van der Waals surface area (Å²) in [6.07, 6.45) is 2.33. The lowest BCUT2D eigenvalue weighted by atomic mass is 9.87. The number of amides is 3. The molecular formula is C29H35F2N3O5S. The van der Waals surface area contributed by atoms with Gasteiger partial charge in [0.15, 0.2) is 0 Å². The normalized spacial score (nSPS) is 20.4. The topological polar surface area (TPSA) is 104 Å². The SMILES string of the molecule is CC(C)CC1C(=O)NC(C2Cc3ccccc3C2)C(=O)N1C(C(=O)N(C)CCS(C)(=O)=O)c1ccc(F)cc1F. The minimum absolute atomic E-state index is 0.0601.